The molecule has 1 heterocycles. The Labute approximate surface area is 105 Å². The van der Waals surface area contributed by atoms with Crippen LogP contribution in [0.25, 0.3) is 11.3 Å². The average molecular weight is 249 g/mol. The Balaban J connectivity index is 2.64. The highest BCUT2D eigenvalue weighted by Crippen LogP contribution is 2.34. The van der Waals surface area contributed by atoms with E-state index in [4.69, 9.17) is 16.0 Å². The van der Waals surface area contributed by atoms with Crippen LogP contribution in [0, 0.1) is 13.8 Å². The van der Waals surface area contributed by atoms with Gasteiger partial charge in [0.15, 0.2) is 11.7 Å². The van der Waals surface area contributed by atoms with Crippen LogP contribution in [0.3, 0.4) is 0 Å². The zero-order chi connectivity index (χ0) is 12.4. The van der Waals surface area contributed by atoms with E-state index in [1.165, 1.54) is 0 Å². The van der Waals surface area contributed by atoms with Gasteiger partial charge in [-0.1, -0.05) is 11.6 Å². The minimum absolute atomic E-state index is 0.643. The van der Waals surface area contributed by atoms with Gasteiger partial charge >= 0.3 is 0 Å². The number of oxazole rings is 1. The van der Waals surface area contributed by atoms with Crippen molar-refractivity contribution in [3.8, 4) is 11.3 Å². The Hall–Kier alpha value is -1.61. The van der Waals surface area contributed by atoms with E-state index in [0.717, 1.165) is 22.7 Å². The second-order valence-electron chi connectivity index (χ2n) is 3.70. The van der Waals surface area contributed by atoms with E-state index in [1.54, 1.807) is 6.21 Å². The topological polar surface area (TPSA) is 38.4 Å². The summed E-state index contributed by atoms with van der Waals surface area (Å²) in [7, 11) is 0. The van der Waals surface area contributed by atoms with Gasteiger partial charge in [-0.25, -0.2) is 4.98 Å². The van der Waals surface area contributed by atoms with Crippen LogP contribution in [0.15, 0.2) is 27.6 Å². The van der Waals surface area contributed by atoms with Crippen LogP contribution >= 0.6 is 11.6 Å². The van der Waals surface area contributed by atoms with Gasteiger partial charge < -0.3 is 4.42 Å². The molecule has 4 heteroatoms. The third-order valence-electron chi connectivity index (χ3n) is 2.37. The van der Waals surface area contributed by atoms with Crippen molar-refractivity contribution in [2.75, 3.05) is 0 Å². The summed E-state index contributed by atoms with van der Waals surface area (Å²) in [4.78, 5) is 8.56. The van der Waals surface area contributed by atoms with Crippen molar-refractivity contribution in [1.29, 1.82) is 0 Å². The summed E-state index contributed by atoms with van der Waals surface area (Å²) in [5.74, 6) is 1.37. The first-order valence-corrected chi connectivity index (χ1v) is 5.72. The van der Waals surface area contributed by atoms with Gasteiger partial charge in [0.25, 0.3) is 0 Å². The fourth-order valence-electron chi connectivity index (χ4n) is 1.72. The molecule has 17 heavy (non-hydrogen) atoms. The third kappa shape index (κ3) is 2.39. The highest BCUT2D eigenvalue weighted by atomic mass is 35.5. The molecule has 0 saturated carbocycles. The molecule has 0 amide bonds. The zero-order valence-electron chi connectivity index (χ0n) is 9.99. The standard InChI is InChI=1S/C13H13ClN2O/c1-4-15-12-6-5-10(14)7-11(12)13-8(2)16-9(3)17-13/h4-7H,1-3H3. The van der Waals surface area contributed by atoms with Crippen molar-refractivity contribution in [3.63, 3.8) is 0 Å². The molecule has 88 valence electrons. The van der Waals surface area contributed by atoms with Gasteiger partial charge in [0.1, 0.15) is 0 Å². The minimum Gasteiger partial charge on any atom is -0.441 e. The number of aryl methyl sites for hydroxylation is 2. The molecule has 0 aliphatic rings. The van der Waals surface area contributed by atoms with Gasteiger partial charge in [-0.15, -0.1) is 0 Å². The molecule has 0 spiro atoms. The number of nitrogens with zero attached hydrogens (tertiary/aromatic N) is 2. The summed E-state index contributed by atoms with van der Waals surface area (Å²) in [5, 5.41) is 0.656. The Morgan fingerprint density at radius 2 is 2.12 bits per heavy atom. The molecule has 0 aliphatic heterocycles. The Bertz CT molecular complexity index is 573. The number of hydrogen-bond acceptors (Lipinski definition) is 3. The van der Waals surface area contributed by atoms with Gasteiger partial charge in [-0.05, 0) is 32.0 Å². The normalized spacial score (nSPS) is 11.3. The van der Waals surface area contributed by atoms with E-state index in [9.17, 15) is 0 Å². The third-order valence-corrected chi connectivity index (χ3v) is 2.61. The smallest absolute Gasteiger partial charge is 0.192 e. The molecule has 0 aliphatic carbocycles. The Morgan fingerprint density at radius 1 is 1.35 bits per heavy atom. The van der Waals surface area contributed by atoms with Crippen molar-refractivity contribution < 1.29 is 4.42 Å². The average Bonchev–Trinajstić information content (AvgIpc) is 2.61. The number of rotatable bonds is 2. The van der Waals surface area contributed by atoms with Gasteiger partial charge in [0, 0.05) is 23.7 Å². The molecule has 0 saturated heterocycles. The van der Waals surface area contributed by atoms with E-state index in [-0.39, 0.29) is 0 Å². The summed E-state index contributed by atoms with van der Waals surface area (Å²) in [6, 6.07) is 5.53. The van der Waals surface area contributed by atoms with Crippen molar-refractivity contribution >= 4 is 23.5 Å². The van der Waals surface area contributed by atoms with Crippen molar-refractivity contribution in [3.05, 3.63) is 34.8 Å². The Morgan fingerprint density at radius 3 is 2.71 bits per heavy atom. The van der Waals surface area contributed by atoms with E-state index in [2.05, 4.69) is 9.98 Å². The van der Waals surface area contributed by atoms with Crippen LogP contribution in [0.2, 0.25) is 5.02 Å². The van der Waals surface area contributed by atoms with E-state index in [1.807, 2.05) is 39.0 Å². The molecule has 0 unspecified atom stereocenters. The van der Waals surface area contributed by atoms with Crippen LogP contribution in [-0.4, -0.2) is 11.2 Å². The minimum atomic E-state index is 0.643. The lowest BCUT2D eigenvalue weighted by Gasteiger charge is -2.03. The molecular weight excluding hydrogens is 236 g/mol. The van der Waals surface area contributed by atoms with Crippen LogP contribution in [0.4, 0.5) is 5.69 Å². The lowest BCUT2D eigenvalue weighted by atomic mass is 10.1. The summed E-state index contributed by atoms with van der Waals surface area (Å²) < 4.78 is 5.60. The Kier molecular flexibility index (Phi) is 3.29. The predicted octanol–water partition coefficient (Wildman–Crippen LogP) is 4.33. The zero-order valence-corrected chi connectivity index (χ0v) is 10.7. The molecule has 2 rings (SSSR count). The van der Waals surface area contributed by atoms with Crippen LogP contribution in [-0.2, 0) is 0 Å². The quantitative estimate of drug-likeness (QED) is 0.742. The molecule has 0 radical (unpaired) electrons. The lowest BCUT2D eigenvalue weighted by molar-refractivity contribution is 0.534. The predicted molar refractivity (Wildman–Crippen MR) is 70.2 cm³/mol. The lowest BCUT2D eigenvalue weighted by Crippen LogP contribution is -1.81. The first-order chi connectivity index (χ1) is 8.11. The second-order valence-corrected chi connectivity index (χ2v) is 4.13. The number of aromatic nitrogens is 1. The largest absolute Gasteiger partial charge is 0.441 e. The second kappa shape index (κ2) is 4.72. The van der Waals surface area contributed by atoms with Crippen molar-refractivity contribution in [2.45, 2.75) is 20.8 Å². The molecular formula is C13H13ClN2O. The van der Waals surface area contributed by atoms with Crippen LogP contribution in [0.5, 0.6) is 0 Å². The number of benzene rings is 1. The van der Waals surface area contributed by atoms with Crippen molar-refractivity contribution in [2.24, 2.45) is 4.99 Å². The van der Waals surface area contributed by atoms with Gasteiger partial charge in [0.2, 0.25) is 0 Å². The maximum atomic E-state index is 6.01. The van der Waals surface area contributed by atoms with Gasteiger partial charge in [0.05, 0.1) is 11.4 Å². The first kappa shape index (κ1) is 11.9. The summed E-state index contributed by atoms with van der Waals surface area (Å²) >= 11 is 6.01. The van der Waals surface area contributed by atoms with E-state index < -0.39 is 0 Å². The molecule has 0 N–H and O–H groups in total. The van der Waals surface area contributed by atoms with Crippen LogP contribution in [0.1, 0.15) is 18.5 Å². The highest BCUT2D eigenvalue weighted by molar-refractivity contribution is 6.31. The van der Waals surface area contributed by atoms with E-state index >= 15 is 0 Å². The molecule has 1 aromatic heterocycles. The molecule has 0 atom stereocenters. The number of aliphatic imine (C=N–C) groups is 1. The molecule has 2 aromatic rings. The first-order valence-electron chi connectivity index (χ1n) is 5.34. The number of halogens is 1. The maximum Gasteiger partial charge on any atom is 0.192 e. The molecule has 0 fully saturated rings. The SMILES string of the molecule is CC=Nc1ccc(Cl)cc1-c1oc(C)nc1C. The fourth-order valence-corrected chi connectivity index (χ4v) is 1.90. The highest BCUT2D eigenvalue weighted by Gasteiger charge is 2.13. The monoisotopic (exact) mass is 248 g/mol. The fraction of sp³-hybridized carbons (Fsp3) is 0.231. The number of hydrogen-bond donors (Lipinski definition) is 0. The summed E-state index contributed by atoms with van der Waals surface area (Å²) in [6.07, 6.45) is 1.74. The molecule has 0 bridgehead atoms. The summed E-state index contributed by atoms with van der Waals surface area (Å²) in [6.45, 7) is 5.60. The molecule has 1 aromatic carbocycles. The van der Waals surface area contributed by atoms with Gasteiger partial charge in [-0.3, -0.25) is 4.99 Å². The van der Waals surface area contributed by atoms with Crippen LogP contribution < -0.4 is 0 Å². The van der Waals surface area contributed by atoms with E-state index in [0.29, 0.717) is 10.9 Å². The maximum absolute atomic E-state index is 6.01. The van der Waals surface area contributed by atoms with Gasteiger partial charge in [-0.2, -0.15) is 0 Å². The summed E-state index contributed by atoms with van der Waals surface area (Å²) in [5.41, 5.74) is 2.54. The molecule has 3 nitrogen and oxygen atoms in total. The van der Waals surface area contributed by atoms with Crippen molar-refractivity contribution in [1.82, 2.24) is 4.98 Å².